The van der Waals surface area contributed by atoms with Gasteiger partial charge in [-0.05, 0) is 42.5 Å². The van der Waals surface area contributed by atoms with E-state index in [1.807, 2.05) is 84.9 Å². The summed E-state index contributed by atoms with van der Waals surface area (Å²) in [7, 11) is 1.60. The van der Waals surface area contributed by atoms with Crippen molar-refractivity contribution in [3.05, 3.63) is 84.9 Å². The molecule has 31 heavy (non-hydrogen) atoms. The number of benzene rings is 3. The second-order valence-corrected chi connectivity index (χ2v) is 7.36. The summed E-state index contributed by atoms with van der Waals surface area (Å²) < 4.78 is 10.9. The van der Waals surface area contributed by atoms with E-state index in [1.54, 1.807) is 12.1 Å². The number of hydrogen-bond acceptors (Lipinski definition) is 7. The molecule has 0 saturated heterocycles. The van der Waals surface area contributed by atoms with Crippen LogP contribution in [0.2, 0.25) is 0 Å². The van der Waals surface area contributed by atoms with Gasteiger partial charge >= 0.3 is 0 Å². The van der Waals surface area contributed by atoms with Crippen molar-refractivity contribution in [2.75, 3.05) is 17.9 Å². The summed E-state index contributed by atoms with van der Waals surface area (Å²) in [5, 5.41) is 10.2. The highest BCUT2D eigenvalue weighted by Gasteiger charge is 2.15. The number of thioether (sulfide) groups is 1. The van der Waals surface area contributed by atoms with E-state index in [1.165, 1.54) is 11.8 Å². The van der Waals surface area contributed by atoms with Crippen LogP contribution in [0, 0.1) is 0 Å². The highest BCUT2D eigenvalue weighted by molar-refractivity contribution is 7.99. The molecule has 4 aromatic rings. The van der Waals surface area contributed by atoms with Crippen LogP contribution in [0.1, 0.15) is 0 Å². The monoisotopic (exact) mass is 432 g/mol. The number of anilines is 2. The van der Waals surface area contributed by atoms with Crippen LogP contribution in [-0.2, 0) is 4.79 Å². The Morgan fingerprint density at radius 3 is 2.29 bits per heavy atom. The van der Waals surface area contributed by atoms with E-state index in [4.69, 9.17) is 9.15 Å². The minimum atomic E-state index is -0.196. The Kier molecular flexibility index (Phi) is 6.49. The Bertz CT molecular complexity index is 1100. The topological polar surface area (TPSA) is 80.5 Å². The fraction of sp³-hybridized carbons (Fsp3) is 0.0870. The summed E-state index contributed by atoms with van der Waals surface area (Å²) in [6.07, 6.45) is 0. The Balaban J connectivity index is 1.42. The van der Waals surface area contributed by atoms with Gasteiger partial charge in [-0.1, -0.05) is 54.2 Å². The molecule has 0 aliphatic rings. The Hall–Kier alpha value is -3.78. The highest BCUT2D eigenvalue weighted by Crippen LogP contribution is 2.26. The van der Waals surface area contributed by atoms with E-state index < -0.39 is 0 Å². The minimum Gasteiger partial charge on any atom is -0.497 e. The number of ether oxygens (including phenoxy) is 1. The Morgan fingerprint density at radius 1 is 0.968 bits per heavy atom. The van der Waals surface area contributed by atoms with Crippen LogP contribution in [0.25, 0.3) is 11.5 Å². The van der Waals surface area contributed by atoms with Crippen LogP contribution in [-0.4, -0.2) is 29.0 Å². The van der Waals surface area contributed by atoms with Crippen molar-refractivity contribution in [3.8, 4) is 17.2 Å². The largest absolute Gasteiger partial charge is 0.497 e. The van der Waals surface area contributed by atoms with Crippen LogP contribution < -0.4 is 15.2 Å². The summed E-state index contributed by atoms with van der Waals surface area (Å²) in [6, 6.07) is 26.6. The van der Waals surface area contributed by atoms with Gasteiger partial charge in [0.1, 0.15) is 5.75 Å². The average molecular weight is 433 g/mol. The van der Waals surface area contributed by atoms with Crippen molar-refractivity contribution < 1.29 is 13.9 Å². The molecular formula is C23H20N4O3S. The van der Waals surface area contributed by atoms with E-state index in [0.717, 1.165) is 16.9 Å². The van der Waals surface area contributed by atoms with Crippen molar-refractivity contribution in [1.82, 2.24) is 15.6 Å². The van der Waals surface area contributed by atoms with Gasteiger partial charge in [-0.15, -0.1) is 10.2 Å². The number of nitrogens with one attached hydrogen (secondary N) is 1. The number of para-hydroxylation sites is 2. The molecule has 1 amide bonds. The lowest BCUT2D eigenvalue weighted by atomic mass is 10.2. The number of aromatic nitrogens is 2. The fourth-order valence-corrected chi connectivity index (χ4v) is 3.41. The van der Waals surface area contributed by atoms with Gasteiger partial charge in [0.2, 0.25) is 11.8 Å². The summed E-state index contributed by atoms with van der Waals surface area (Å²) in [5.74, 6) is 0.998. The van der Waals surface area contributed by atoms with Gasteiger partial charge in [-0.2, -0.15) is 0 Å². The van der Waals surface area contributed by atoms with Crippen LogP contribution in [0.5, 0.6) is 5.75 Å². The minimum absolute atomic E-state index is 0.121. The average Bonchev–Trinajstić information content (AvgIpc) is 3.31. The molecule has 0 fully saturated rings. The smallest absolute Gasteiger partial charge is 0.277 e. The SMILES string of the molecule is COc1cccc(-c2nnc(SCC(=O)NN(c3ccccc3)c3ccccc3)o2)c1. The van der Waals surface area contributed by atoms with E-state index in [2.05, 4.69) is 15.6 Å². The van der Waals surface area contributed by atoms with Crippen molar-refractivity contribution in [1.29, 1.82) is 0 Å². The zero-order valence-corrected chi connectivity index (χ0v) is 17.6. The number of carbonyl (C=O) groups is 1. The third-order valence-corrected chi connectivity index (χ3v) is 5.13. The molecule has 8 heteroatoms. The van der Waals surface area contributed by atoms with Crippen LogP contribution in [0.4, 0.5) is 11.4 Å². The standard InChI is InChI=1S/C23H20N4O3S/c1-29-20-14-8-9-17(15-20)22-24-25-23(30-22)31-16-21(28)26-27(18-10-4-2-5-11-18)19-12-6-3-7-13-19/h2-15H,16H2,1H3,(H,26,28). The first-order valence-electron chi connectivity index (χ1n) is 9.53. The molecule has 4 rings (SSSR count). The zero-order chi connectivity index (χ0) is 21.5. The van der Waals surface area contributed by atoms with Gasteiger partial charge in [0.25, 0.3) is 5.22 Å². The second kappa shape index (κ2) is 9.82. The molecule has 156 valence electrons. The van der Waals surface area contributed by atoms with E-state index in [9.17, 15) is 4.79 Å². The number of amides is 1. The number of carbonyl (C=O) groups excluding carboxylic acids is 1. The molecule has 0 spiro atoms. The Labute approximate surface area is 184 Å². The summed E-state index contributed by atoms with van der Waals surface area (Å²) in [5.41, 5.74) is 5.40. The maximum atomic E-state index is 12.7. The first-order chi connectivity index (χ1) is 15.2. The third kappa shape index (κ3) is 5.23. The summed E-state index contributed by atoms with van der Waals surface area (Å²) >= 11 is 1.18. The van der Waals surface area contributed by atoms with Gasteiger partial charge in [-0.25, -0.2) is 0 Å². The van der Waals surface area contributed by atoms with Gasteiger partial charge in [-0.3, -0.25) is 15.2 Å². The van der Waals surface area contributed by atoms with Gasteiger partial charge < -0.3 is 9.15 Å². The van der Waals surface area contributed by atoms with Crippen LogP contribution >= 0.6 is 11.8 Å². The Morgan fingerprint density at radius 2 is 1.65 bits per heavy atom. The highest BCUT2D eigenvalue weighted by atomic mass is 32.2. The van der Waals surface area contributed by atoms with Gasteiger partial charge in [0.05, 0.1) is 24.2 Å². The lowest BCUT2D eigenvalue weighted by molar-refractivity contribution is -0.118. The van der Waals surface area contributed by atoms with E-state index >= 15 is 0 Å². The molecule has 7 nitrogen and oxygen atoms in total. The number of hydrazine groups is 1. The summed E-state index contributed by atoms with van der Waals surface area (Å²) in [6.45, 7) is 0. The molecule has 0 bridgehead atoms. The first-order valence-corrected chi connectivity index (χ1v) is 10.5. The van der Waals surface area contributed by atoms with Gasteiger partial charge in [0, 0.05) is 5.56 Å². The van der Waals surface area contributed by atoms with Crippen molar-refractivity contribution in [2.24, 2.45) is 0 Å². The quantitative estimate of drug-likeness (QED) is 0.319. The van der Waals surface area contributed by atoms with E-state index in [-0.39, 0.29) is 11.7 Å². The van der Waals surface area contributed by atoms with Crippen molar-refractivity contribution >= 4 is 29.0 Å². The molecule has 3 aromatic carbocycles. The molecule has 1 heterocycles. The van der Waals surface area contributed by atoms with Crippen molar-refractivity contribution in [3.63, 3.8) is 0 Å². The van der Waals surface area contributed by atoms with Crippen molar-refractivity contribution in [2.45, 2.75) is 5.22 Å². The number of rotatable bonds is 8. The molecule has 1 N–H and O–H groups in total. The van der Waals surface area contributed by atoms with Crippen LogP contribution in [0.3, 0.4) is 0 Å². The number of nitrogens with zero attached hydrogens (tertiary/aromatic N) is 3. The first kappa shape index (κ1) is 20.5. The normalized spacial score (nSPS) is 10.5. The molecule has 0 radical (unpaired) electrons. The molecule has 0 aliphatic carbocycles. The molecule has 0 atom stereocenters. The van der Waals surface area contributed by atoms with Crippen LogP contribution in [0.15, 0.2) is 94.6 Å². The maximum absolute atomic E-state index is 12.7. The molecule has 1 aromatic heterocycles. The molecule has 0 aliphatic heterocycles. The second-order valence-electron chi connectivity index (χ2n) is 6.44. The molecular weight excluding hydrogens is 412 g/mol. The lowest BCUT2D eigenvalue weighted by Gasteiger charge is -2.25. The molecule has 0 unspecified atom stereocenters. The number of methoxy groups -OCH3 is 1. The predicted molar refractivity (Wildman–Crippen MR) is 120 cm³/mol. The van der Waals surface area contributed by atoms with Gasteiger partial charge in [0.15, 0.2) is 0 Å². The summed E-state index contributed by atoms with van der Waals surface area (Å²) in [4.78, 5) is 12.7. The maximum Gasteiger partial charge on any atom is 0.277 e. The molecule has 0 saturated carbocycles. The predicted octanol–water partition coefficient (Wildman–Crippen LogP) is 4.71. The lowest BCUT2D eigenvalue weighted by Crippen LogP contribution is -2.39. The number of hydrogen-bond donors (Lipinski definition) is 1. The zero-order valence-electron chi connectivity index (χ0n) is 16.8. The third-order valence-electron chi connectivity index (χ3n) is 4.32. The fourth-order valence-electron chi connectivity index (χ4n) is 2.86. The van der Waals surface area contributed by atoms with E-state index in [0.29, 0.717) is 16.9 Å².